The predicted octanol–water partition coefficient (Wildman–Crippen LogP) is 6.86. The standard InChI is InChI=1S/C24H19BrN4O2S/c1-15-3-9-18(10-4-15)26-27-21-22(30)28(19-11-5-16(2)6-12-19)24(32)29(23(21)31)20-13-7-17(25)8-14-20/h3-14,30H,1-2H3. The molecule has 0 aliphatic carbocycles. The molecule has 6 nitrogen and oxygen atoms in total. The van der Waals surface area contributed by atoms with E-state index < -0.39 is 5.56 Å². The fourth-order valence-corrected chi connectivity index (χ4v) is 3.78. The zero-order valence-corrected chi connectivity index (χ0v) is 19.8. The third-order valence-electron chi connectivity index (χ3n) is 4.89. The zero-order chi connectivity index (χ0) is 22.8. The minimum absolute atomic E-state index is 0.118. The maximum absolute atomic E-state index is 13.4. The van der Waals surface area contributed by atoms with Gasteiger partial charge in [-0.15, -0.1) is 5.11 Å². The van der Waals surface area contributed by atoms with E-state index >= 15 is 0 Å². The Morgan fingerprint density at radius 1 is 0.781 bits per heavy atom. The Morgan fingerprint density at radius 3 is 1.88 bits per heavy atom. The van der Waals surface area contributed by atoms with E-state index in [1.54, 1.807) is 24.3 Å². The second kappa shape index (κ2) is 9.02. The Hall–Kier alpha value is -3.36. The van der Waals surface area contributed by atoms with Crippen LogP contribution in [-0.2, 0) is 0 Å². The van der Waals surface area contributed by atoms with Crippen LogP contribution in [0, 0.1) is 18.6 Å². The summed E-state index contributed by atoms with van der Waals surface area (Å²) < 4.78 is 3.74. The number of rotatable bonds is 4. The number of benzene rings is 3. The largest absolute Gasteiger partial charge is 0.492 e. The van der Waals surface area contributed by atoms with Crippen LogP contribution in [0.15, 0.2) is 92.3 Å². The average Bonchev–Trinajstić information content (AvgIpc) is 2.77. The number of halogens is 1. The normalized spacial score (nSPS) is 11.2. The first-order chi connectivity index (χ1) is 15.3. The highest BCUT2D eigenvalue weighted by molar-refractivity contribution is 9.10. The van der Waals surface area contributed by atoms with Gasteiger partial charge >= 0.3 is 0 Å². The summed E-state index contributed by atoms with van der Waals surface area (Å²) in [6.07, 6.45) is 0. The van der Waals surface area contributed by atoms with Crippen LogP contribution in [-0.4, -0.2) is 14.2 Å². The van der Waals surface area contributed by atoms with Gasteiger partial charge in [0.1, 0.15) is 0 Å². The summed E-state index contributed by atoms with van der Waals surface area (Å²) in [6.45, 7) is 3.93. The van der Waals surface area contributed by atoms with Crippen molar-refractivity contribution >= 4 is 39.5 Å². The van der Waals surface area contributed by atoms with E-state index in [2.05, 4.69) is 26.2 Å². The second-order valence-corrected chi connectivity index (χ2v) is 8.56. The molecule has 0 unspecified atom stereocenters. The van der Waals surface area contributed by atoms with E-state index in [1.165, 1.54) is 9.13 Å². The first-order valence-corrected chi connectivity index (χ1v) is 11.0. The molecule has 0 spiro atoms. The first kappa shape index (κ1) is 21.9. The molecule has 32 heavy (non-hydrogen) atoms. The molecule has 1 aromatic heterocycles. The molecule has 0 atom stereocenters. The molecule has 1 heterocycles. The number of hydrogen-bond donors (Lipinski definition) is 1. The van der Waals surface area contributed by atoms with Crippen molar-refractivity contribution in [3.63, 3.8) is 0 Å². The van der Waals surface area contributed by atoms with Crippen molar-refractivity contribution in [2.75, 3.05) is 0 Å². The van der Waals surface area contributed by atoms with Gasteiger partial charge in [0.05, 0.1) is 17.1 Å². The van der Waals surface area contributed by atoms with Gasteiger partial charge in [-0.3, -0.25) is 13.9 Å². The molecule has 0 saturated carbocycles. The number of aromatic nitrogens is 2. The van der Waals surface area contributed by atoms with Gasteiger partial charge in [0.15, 0.2) is 4.77 Å². The highest BCUT2D eigenvalue weighted by Crippen LogP contribution is 2.29. The van der Waals surface area contributed by atoms with E-state index in [9.17, 15) is 9.90 Å². The van der Waals surface area contributed by atoms with E-state index in [-0.39, 0.29) is 16.3 Å². The van der Waals surface area contributed by atoms with E-state index in [1.807, 2.05) is 62.4 Å². The molecule has 0 aliphatic heterocycles. The molecule has 0 amide bonds. The zero-order valence-electron chi connectivity index (χ0n) is 17.4. The fraction of sp³-hybridized carbons (Fsp3) is 0.0833. The first-order valence-electron chi connectivity index (χ1n) is 9.77. The summed E-state index contributed by atoms with van der Waals surface area (Å²) in [5, 5.41) is 19.3. The van der Waals surface area contributed by atoms with E-state index in [4.69, 9.17) is 12.2 Å². The molecular weight excluding hydrogens is 488 g/mol. The molecule has 0 aliphatic rings. The summed E-state index contributed by atoms with van der Waals surface area (Å²) in [7, 11) is 0. The van der Waals surface area contributed by atoms with Gasteiger partial charge in [0.2, 0.25) is 11.6 Å². The molecule has 0 saturated heterocycles. The topological polar surface area (TPSA) is 71.9 Å². The third kappa shape index (κ3) is 4.32. The lowest BCUT2D eigenvalue weighted by atomic mass is 10.2. The Labute approximate surface area is 198 Å². The maximum atomic E-state index is 13.4. The SMILES string of the molecule is Cc1ccc(N=Nc2c(O)n(-c3ccc(C)cc3)c(=S)n(-c3ccc(Br)cc3)c2=O)cc1. The number of nitrogens with zero attached hydrogens (tertiary/aromatic N) is 4. The van der Waals surface area contributed by atoms with Crippen molar-refractivity contribution in [2.24, 2.45) is 10.2 Å². The maximum Gasteiger partial charge on any atom is 0.290 e. The van der Waals surface area contributed by atoms with Crippen LogP contribution >= 0.6 is 28.1 Å². The van der Waals surface area contributed by atoms with Gasteiger partial charge in [-0.2, -0.15) is 5.11 Å². The quantitative estimate of drug-likeness (QED) is 0.242. The molecule has 160 valence electrons. The second-order valence-electron chi connectivity index (χ2n) is 7.28. The van der Waals surface area contributed by atoms with Gasteiger partial charge < -0.3 is 5.11 Å². The predicted molar refractivity (Wildman–Crippen MR) is 132 cm³/mol. The molecule has 8 heteroatoms. The number of aromatic hydroxyl groups is 1. The number of aryl methyl sites for hydroxylation is 2. The smallest absolute Gasteiger partial charge is 0.290 e. The lowest BCUT2D eigenvalue weighted by molar-refractivity contribution is 0.432. The Morgan fingerprint density at radius 2 is 1.28 bits per heavy atom. The minimum Gasteiger partial charge on any atom is -0.492 e. The van der Waals surface area contributed by atoms with Gasteiger partial charge in [-0.25, -0.2) is 0 Å². The molecule has 1 N–H and O–H groups in total. The van der Waals surface area contributed by atoms with Crippen LogP contribution in [0.1, 0.15) is 11.1 Å². The minimum atomic E-state index is -0.561. The fourth-order valence-electron chi connectivity index (χ4n) is 3.14. The molecule has 0 fully saturated rings. The van der Waals surface area contributed by atoms with Gasteiger partial charge in [-0.05, 0) is 74.6 Å². The van der Waals surface area contributed by atoms with Crippen LogP contribution in [0.5, 0.6) is 5.88 Å². The molecule has 4 aromatic rings. The lowest BCUT2D eigenvalue weighted by Crippen LogP contribution is -2.23. The summed E-state index contributed by atoms with van der Waals surface area (Å²) >= 11 is 9.03. The third-order valence-corrected chi connectivity index (χ3v) is 5.78. The Bertz CT molecular complexity index is 1420. The molecule has 4 rings (SSSR count). The number of azo groups is 1. The highest BCUT2D eigenvalue weighted by Gasteiger charge is 2.19. The van der Waals surface area contributed by atoms with Crippen molar-refractivity contribution in [3.05, 3.63) is 104 Å². The van der Waals surface area contributed by atoms with Crippen molar-refractivity contribution in [2.45, 2.75) is 13.8 Å². The Kier molecular flexibility index (Phi) is 6.16. The van der Waals surface area contributed by atoms with E-state index in [0.717, 1.165) is 15.6 Å². The van der Waals surface area contributed by atoms with Crippen LogP contribution in [0.4, 0.5) is 11.4 Å². The van der Waals surface area contributed by atoms with E-state index in [0.29, 0.717) is 17.1 Å². The molecule has 0 bridgehead atoms. The summed E-state index contributed by atoms with van der Waals surface area (Å²) in [5.41, 5.74) is 3.09. The summed E-state index contributed by atoms with van der Waals surface area (Å²) in [4.78, 5) is 13.4. The van der Waals surface area contributed by atoms with Crippen molar-refractivity contribution in [1.29, 1.82) is 0 Å². The lowest BCUT2D eigenvalue weighted by Gasteiger charge is -2.16. The molecular formula is C24H19BrN4O2S. The molecule has 3 aromatic carbocycles. The number of hydrogen-bond acceptors (Lipinski definition) is 5. The molecule has 0 radical (unpaired) electrons. The summed E-state index contributed by atoms with van der Waals surface area (Å²) in [6, 6.07) is 22.0. The van der Waals surface area contributed by atoms with Crippen molar-refractivity contribution in [1.82, 2.24) is 9.13 Å². The highest BCUT2D eigenvalue weighted by atomic mass is 79.9. The van der Waals surface area contributed by atoms with Crippen LogP contribution in [0.2, 0.25) is 0 Å². The van der Waals surface area contributed by atoms with Gasteiger partial charge in [0.25, 0.3) is 5.56 Å². The van der Waals surface area contributed by atoms with Crippen LogP contribution in [0.3, 0.4) is 0 Å². The average molecular weight is 507 g/mol. The van der Waals surface area contributed by atoms with Crippen LogP contribution < -0.4 is 5.56 Å². The summed E-state index contributed by atoms with van der Waals surface area (Å²) in [5.74, 6) is -0.368. The van der Waals surface area contributed by atoms with Crippen molar-refractivity contribution < 1.29 is 5.11 Å². The van der Waals surface area contributed by atoms with Gasteiger partial charge in [-0.1, -0.05) is 51.3 Å². The van der Waals surface area contributed by atoms with Crippen LogP contribution in [0.25, 0.3) is 11.4 Å². The van der Waals surface area contributed by atoms with Gasteiger partial charge in [0, 0.05) is 4.47 Å². The van der Waals surface area contributed by atoms with Crippen molar-refractivity contribution in [3.8, 4) is 17.3 Å². The Balaban J connectivity index is 1.99. The monoisotopic (exact) mass is 506 g/mol.